The van der Waals surface area contributed by atoms with E-state index >= 15 is 0 Å². The Bertz CT molecular complexity index is 724. The van der Waals surface area contributed by atoms with Crippen molar-refractivity contribution in [3.8, 4) is 5.75 Å². The number of carboxylic acid groups (broad SMARTS) is 1. The number of hydrogen-bond acceptors (Lipinski definition) is 6. The number of aliphatic carboxylic acids is 1. The molecule has 0 aliphatic carbocycles. The Kier molecular flexibility index (Phi) is 6.22. The predicted octanol–water partition coefficient (Wildman–Crippen LogP) is -3.51. The normalized spacial score (nSPS) is 21.6. The van der Waals surface area contributed by atoms with E-state index in [2.05, 4.69) is 5.32 Å². The van der Waals surface area contributed by atoms with E-state index in [-0.39, 0.29) is 31.2 Å². The first-order valence-electron chi connectivity index (χ1n) is 7.32. The molecule has 2 heterocycles. The minimum absolute atomic E-state index is 0. The molecule has 0 radical (unpaired) electrons. The number of nitrogens with zero attached hydrogens (tertiary/aromatic N) is 1. The van der Waals surface area contributed by atoms with E-state index in [9.17, 15) is 19.5 Å². The van der Waals surface area contributed by atoms with Gasteiger partial charge in [-0.25, -0.2) is 0 Å². The number of rotatable bonds is 5. The average molecular weight is 354 g/mol. The number of fused-ring (bicyclic) bond motifs is 1. The summed E-state index contributed by atoms with van der Waals surface area (Å²) < 4.78 is 5.33. The number of carbonyl (C=O) groups is 3. The van der Waals surface area contributed by atoms with Crippen LogP contribution in [0, 0.1) is 0 Å². The maximum atomic E-state index is 12.2. The van der Waals surface area contributed by atoms with Crippen LogP contribution in [0.3, 0.4) is 0 Å². The Balaban J connectivity index is 0.00000225. The molecule has 2 atom stereocenters. The summed E-state index contributed by atoms with van der Waals surface area (Å²) in [5.74, 6) is -1.22. The van der Waals surface area contributed by atoms with Gasteiger partial charge in [0.2, 0.25) is 0 Å². The molecule has 2 unspecified atom stereocenters. The number of carboxylic acids is 1. The van der Waals surface area contributed by atoms with Crippen LogP contribution in [-0.2, 0) is 14.4 Å². The van der Waals surface area contributed by atoms with Gasteiger partial charge >= 0.3 is 18.9 Å². The first-order valence-corrected chi connectivity index (χ1v) is 8.37. The van der Waals surface area contributed by atoms with Crippen LogP contribution in [0.1, 0.15) is 6.92 Å². The summed E-state index contributed by atoms with van der Waals surface area (Å²) in [6, 6.07) is 8.11. The van der Waals surface area contributed by atoms with Crippen molar-refractivity contribution >= 4 is 29.5 Å². The number of carbonyl (C=O) groups excluding carboxylic acids is 3. The van der Waals surface area contributed by atoms with Crippen LogP contribution in [0.2, 0.25) is 0 Å². The zero-order valence-electron chi connectivity index (χ0n) is 13.9. The van der Waals surface area contributed by atoms with Crippen LogP contribution in [0.5, 0.6) is 5.75 Å². The first kappa shape index (κ1) is 19.4. The fourth-order valence-corrected chi connectivity index (χ4v) is 3.94. The molecular weight excluding hydrogens is 339 g/mol. The van der Waals surface area contributed by atoms with Gasteiger partial charge in [0.1, 0.15) is 17.2 Å². The smallest absolute Gasteiger partial charge is 0.543 e. The number of benzene rings is 1. The largest absolute Gasteiger partial charge is 1.00 e. The molecule has 7 nitrogen and oxygen atoms in total. The molecule has 1 N–H and O–H groups in total. The molecule has 0 spiro atoms. The van der Waals surface area contributed by atoms with Gasteiger partial charge < -0.3 is 20.0 Å². The number of ether oxygens (including phenoxy) is 1. The molecular formula is C16H15LiN2O5S. The average Bonchev–Trinajstić information content (AvgIpc) is 2.58. The van der Waals surface area contributed by atoms with E-state index in [1.807, 2.05) is 6.07 Å². The Morgan fingerprint density at radius 1 is 1.36 bits per heavy atom. The molecule has 3 rings (SSSR count). The Morgan fingerprint density at radius 2 is 2.04 bits per heavy atom. The maximum absolute atomic E-state index is 12.2. The number of thioether (sulfide) groups is 1. The van der Waals surface area contributed by atoms with Crippen molar-refractivity contribution in [2.24, 2.45) is 0 Å². The van der Waals surface area contributed by atoms with E-state index in [0.717, 1.165) is 0 Å². The van der Waals surface area contributed by atoms with Gasteiger partial charge in [0, 0.05) is 5.75 Å². The van der Waals surface area contributed by atoms with E-state index in [4.69, 9.17) is 4.74 Å². The fourth-order valence-electron chi connectivity index (χ4n) is 2.64. The molecule has 0 bridgehead atoms. The monoisotopic (exact) mass is 354 g/mol. The van der Waals surface area contributed by atoms with Gasteiger partial charge in [-0.15, -0.1) is 11.8 Å². The summed E-state index contributed by atoms with van der Waals surface area (Å²) in [6.07, 6.45) is 0. The summed E-state index contributed by atoms with van der Waals surface area (Å²) in [6.45, 7) is 1.44. The second kappa shape index (κ2) is 8.00. The topological polar surface area (TPSA) is 98.8 Å². The quantitative estimate of drug-likeness (QED) is 0.435. The standard InChI is InChI=1S/C16H16N2O5S.Li/c1-9-8-24-15-12(14(20)18(15)13(9)16(21)22)17-11(19)7-23-10-5-3-2-4-6-10;/h2-6,12,15H,7-8H2,1H3,(H,17,19)(H,21,22);/q;+1/p-1. The molecule has 126 valence electrons. The molecule has 2 aliphatic heterocycles. The van der Waals surface area contributed by atoms with Gasteiger partial charge in [0.15, 0.2) is 6.61 Å². The van der Waals surface area contributed by atoms with Crippen LogP contribution < -0.4 is 34.0 Å². The number of nitrogens with one attached hydrogen (secondary N) is 1. The van der Waals surface area contributed by atoms with Crippen molar-refractivity contribution in [1.29, 1.82) is 0 Å². The van der Waals surface area contributed by atoms with E-state index in [0.29, 0.717) is 17.1 Å². The molecule has 2 amide bonds. The van der Waals surface area contributed by atoms with Gasteiger partial charge in [-0.2, -0.15) is 0 Å². The third-order valence-corrected chi connectivity index (χ3v) is 5.21. The number of amides is 2. The SMILES string of the molecule is CC1=C(C(=O)[O-])N2C(=O)C(NC(=O)COc3ccccc3)C2SC1.[Li+]. The van der Waals surface area contributed by atoms with Crippen molar-refractivity contribution < 1.29 is 43.1 Å². The fraction of sp³-hybridized carbons (Fsp3) is 0.312. The van der Waals surface area contributed by atoms with Gasteiger partial charge in [0.05, 0.1) is 11.7 Å². The molecule has 1 aromatic carbocycles. The molecule has 25 heavy (non-hydrogen) atoms. The molecule has 2 aliphatic rings. The minimum atomic E-state index is -1.37. The van der Waals surface area contributed by atoms with Gasteiger partial charge in [-0.3, -0.25) is 14.5 Å². The number of para-hydroxylation sites is 1. The third-order valence-electron chi connectivity index (χ3n) is 3.78. The summed E-state index contributed by atoms with van der Waals surface area (Å²) in [5.41, 5.74) is 0.497. The summed E-state index contributed by atoms with van der Waals surface area (Å²) in [5, 5.41) is 13.4. The van der Waals surface area contributed by atoms with Crippen LogP contribution in [-0.4, -0.2) is 46.5 Å². The number of hydrogen-bond donors (Lipinski definition) is 1. The Morgan fingerprint density at radius 3 is 2.68 bits per heavy atom. The Hall–Kier alpha value is -1.88. The zero-order chi connectivity index (χ0) is 17.3. The van der Waals surface area contributed by atoms with Crippen LogP contribution >= 0.6 is 11.8 Å². The van der Waals surface area contributed by atoms with Crippen LogP contribution in [0.4, 0.5) is 0 Å². The molecule has 1 fully saturated rings. The number of β-lactam (4-membered cyclic amide) rings is 1. The Labute approximate surface area is 161 Å². The molecule has 0 aromatic heterocycles. The van der Waals surface area contributed by atoms with Crippen LogP contribution in [0.25, 0.3) is 0 Å². The zero-order valence-corrected chi connectivity index (χ0v) is 14.7. The van der Waals surface area contributed by atoms with Crippen molar-refractivity contribution in [2.45, 2.75) is 18.3 Å². The van der Waals surface area contributed by atoms with E-state index < -0.39 is 29.2 Å². The second-order valence-corrected chi connectivity index (χ2v) is 6.58. The van der Waals surface area contributed by atoms with Crippen molar-refractivity contribution in [3.63, 3.8) is 0 Å². The molecule has 9 heteroatoms. The van der Waals surface area contributed by atoms with Gasteiger partial charge in [-0.05, 0) is 24.6 Å². The molecule has 0 saturated carbocycles. The third kappa shape index (κ3) is 3.87. The molecule has 1 saturated heterocycles. The summed E-state index contributed by atoms with van der Waals surface area (Å²) in [4.78, 5) is 36.6. The predicted molar refractivity (Wildman–Crippen MR) is 84.7 cm³/mol. The van der Waals surface area contributed by atoms with Crippen molar-refractivity contribution in [1.82, 2.24) is 10.2 Å². The second-order valence-electron chi connectivity index (χ2n) is 5.47. The van der Waals surface area contributed by atoms with Crippen LogP contribution in [0.15, 0.2) is 41.6 Å². The van der Waals surface area contributed by atoms with Crippen molar-refractivity contribution in [2.75, 3.05) is 12.4 Å². The van der Waals surface area contributed by atoms with Crippen molar-refractivity contribution in [3.05, 3.63) is 41.6 Å². The first-order chi connectivity index (χ1) is 11.5. The summed E-state index contributed by atoms with van der Waals surface area (Å²) in [7, 11) is 0. The van der Waals surface area contributed by atoms with E-state index in [1.165, 1.54) is 16.7 Å². The minimum Gasteiger partial charge on any atom is -0.543 e. The maximum Gasteiger partial charge on any atom is 1.00 e. The summed E-state index contributed by atoms with van der Waals surface area (Å²) >= 11 is 1.41. The van der Waals surface area contributed by atoms with Gasteiger partial charge in [-0.1, -0.05) is 18.2 Å². The van der Waals surface area contributed by atoms with E-state index in [1.54, 1.807) is 31.2 Å². The van der Waals surface area contributed by atoms with Gasteiger partial charge in [0.25, 0.3) is 11.8 Å². The molecule has 1 aromatic rings.